The highest BCUT2D eigenvalue weighted by molar-refractivity contribution is 6.34. The Morgan fingerprint density at radius 2 is 2.08 bits per heavy atom. The number of pyridine rings is 1. The van der Waals surface area contributed by atoms with Crippen molar-refractivity contribution in [3.05, 3.63) is 28.0 Å². The fraction of sp³-hybridized carbons (Fsp3) is 0.444. The maximum Gasteiger partial charge on any atom is 0.130 e. The summed E-state index contributed by atoms with van der Waals surface area (Å²) in [5, 5.41) is 10.8. The minimum atomic E-state index is -0.755. The van der Waals surface area contributed by atoms with Crippen molar-refractivity contribution in [2.45, 2.75) is 24.9 Å². The van der Waals surface area contributed by atoms with Gasteiger partial charge in [0, 0.05) is 11.8 Å². The summed E-state index contributed by atoms with van der Waals surface area (Å²) in [6.07, 6.45) is 4.12. The number of aromatic nitrogens is 1. The van der Waals surface area contributed by atoms with Crippen molar-refractivity contribution < 1.29 is 5.11 Å². The van der Waals surface area contributed by atoms with Crippen LogP contribution in [0.1, 0.15) is 24.8 Å². The van der Waals surface area contributed by atoms with Crippen LogP contribution in [-0.4, -0.2) is 10.1 Å². The quantitative estimate of drug-likeness (QED) is 0.735. The average molecular weight is 218 g/mol. The number of rotatable bonds is 1. The largest absolute Gasteiger partial charge is 0.385 e. The third-order valence-corrected chi connectivity index (χ3v) is 3.02. The highest BCUT2D eigenvalue weighted by Gasteiger charge is 2.38. The molecule has 0 bridgehead atoms. The minimum Gasteiger partial charge on any atom is -0.385 e. The van der Waals surface area contributed by atoms with Gasteiger partial charge in [0.2, 0.25) is 0 Å². The van der Waals surface area contributed by atoms with Gasteiger partial charge in [-0.25, -0.2) is 4.98 Å². The van der Waals surface area contributed by atoms with E-state index in [0.717, 1.165) is 19.3 Å². The molecule has 0 aromatic carbocycles. The average Bonchev–Trinajstić information content (AvgIpc) is 2.00. The SMILES string of the molecule is OC1(c2cnc(Cl)cc2Cl)CCC1. The molecule has 0 saturated heterocycles. The molecule has 1 saturated carbocycles. The smallest absolute Gasteiger partial charge is 0.130 e. The Balaban J connectivity index is 2.40. The van der Waals surface area contributed by atoms with Crippen molar-refractivity contribution in [3.8, 4) is 0 Å². The summed E-state index contributed by atoms with van der Waals surface area (Å²) >= 11 is 11.6. The van der Waals surface area contributed by atoms with Gasteiger partial charge in [0.25, 0.3) is 0 Å². The highest BCUT2D eigenvalue weighted by atomic mass is 35.5. The monoisotopic (exact) mass is 217 g/mol. The van der Waals surface area contributed by atoms with E-state index in [1.54, 1.807) is 12.3 Å². The van der Waals surface area contributed by atoms with E-state index >= 15 is 0 Å². The molecule has 2 nitrogen and oxygen atoms in total. The summed E-state index contributed by atoms with van der Waals surface area (Å²) in [6.45, 7) is 0. The van der Waals surface area contributed by atoms with Gasteiger partial charge in [-0.3, -0.25) is 0 Å². The lowest BCUT2D eigenvalue weighted by atomic mass is 9.76. The van der Waals surface area contributed by atoms with Gasteiger partial charge in [0.05, 0.1) is 10.6 Å². The topological polar surface area (TPSA) is 33.1 Å². The van der Waals surface area contributed by atoms with E-state index in [1.165, 1.54) is 0 Å². The summed E-state index contributed by atoms with van der Waals surface area (Å²) in [7, 11) is 0. The number of hydrogen-bond donors (Lipinski definition) is 1. The first-order valence-electron chi connectivity index (χ1n) is 4.16. The molecule has 1 heterocycles. The molecule has 4 heteroatoms. The van der Waals surface area contributed by atoms with Crippen LogP contribution >= 0.6 is 23.2 Å². The third kappa shape index (κ3) is 1.54. The Kier molecular flexibility index (Phi) is 2.22. The van der Waals surface area contributed by atoms with Crippen LogP contribution in [0.4, 0.5) is 0 Å². The van der Waals surface area contributed by atoms with Crippen molar-refractivity contribution in [3.63, 3.8) is 0 Å². The molecule has 13 heavy (non-hydrogen) atoms. The van der Waals surface area contributed by atoms with Crippen LogP contribution in [-0.2, 0) is 5.60 Å². The van der Waals surface area contributed by atoms with E-state index in [2.05, 4.69) is 4.98 Å². The predicted molar refractivity (Wildman–Crippen MR) is 52.0 cm³/mol. The second kappa shape index (κ2) is 3.12. The molecule has 0 spiro atoms. The Bertz CT molecular complexity index is 336. The van der Waals surface area contributed by atoms with Crippen molar-refractivity contribution >= 4 is 23.2 Å². The second-order valence-electron chi connectivity index (χ2n) is 3.37. The van der Waals surface area contributed by atoms with E-state index in [0.29, 0.717) is 15.7 Å². The lowest BCUT2D eigenvalue weighted by Crippen LogP contribution is -2.34. The van der Waals surface area contributed by atoms with Crippen LogP contribution in [0.25, 0.3) is 0 Å². The zero-order valence-electron chi connectivity index (χ0n) is 6.93. The Morgan fingerprint density at radius 3 is 2.54 bits per heavy atom. The second-order valence-corrected chi connectivity index (χ2v) is 4.17. The molecule has 0 aliphatic heterocycles. The summed E-state index contributed by atoms with van der Waals surface area (Å²) in [4.78, 5) is 3.91. The van der Waals surface area contributed by atoms with Crippen LogP contribution in [0.5, 0.6) is 0 Å². The van der Waals surface area contributed by atoms with E-state index in [9.17, 15) is 5.11 Å². The molecule has 0 atom stereocenters. The summed E-state index contributed by atoms with van der Waals surface area (Å²) in [5.74, 6) is 0. The lowest BCUT2D eigenvalue weighted by molar-refractivity contribution is -0.0389. The molecule has 0 amide bonds. The zero-order valence-corrected chi connectivity index (χ0v) is 8.44. The maximum absolute atomic E-state index is 9.99. The molecular formula is C9H9Cl2NO. The van der Waals surface area contributed by atoms with Gasteiger partial charge in [-0.1, -0.05) is 23.2 Å². The van der Waals surface area contributed by atoms with E-state index in [1.807, 2.05) is 0 Å². The van der Waals surface area contributed by atoms with Crippen LogP contribution in [0.2, 0.25) is 10.2 Å². The van der Waals surface area contributed by atoms with Crippen molar-refractivity contribution in [1.82, 2.24) is 4.98 Å². The molecule has 1 N–H and O–H groups in total. The molecule has 0 unspecified atom stereocenters. The standard InChI is InChI=1S/C9H9Cl2NO/c10-7-4-8(11)12-5-6(7)9(13)2-1-3-9/h4-5,13H,1-3H2. The van der Waals surface area contributed by atoms with E-state index in [-0.39, 0.29) is 0 Å². The maximum atomic E-state index is 9.99. The Labute approximate surface area is 86.5 Å². The van der Waals surface area contributed by atoms with Crippen LogP contribution < -0.4 is 0 Å². The van der Waals surface area contributed by atoms with Crippen molar-refractivity contribution in [2.24, 2.45) is 0 Å². The van der Waals surface area contributed by atoms with Gasteiger partial charge < -0.3 is 5.11 Å². The number of aliphatic hydroxyl groups is 1. The molecule has 1 aromatic rings. The Hall–Kier alpha value is -0.310. The number of nitrogens with zero attached hydrogens (tertiary/aromatic N) is 1. The first-order chi connectivity index (χ1) is 6.12. The first-order valence-corrected chi connectivity index (χ1v) is 4.91. The number of halogens is 2. The van der Waals surface area contributed by atoms with Crippen LogP contribution in [0.15, 0.2) is 12.3 Å². The first kappa shape index (κ1) is 9.25. The van der Waals surface area contributed by atoms with Crippen LogP contribution in [0, 0.1) is 0 Å². The highest BCUT2D eigenvalue weighted by Crippen LogP contribution is 2.43. The van der Waals surface area contributed by atoms with E-state index in [4.69, 9.17) is 23.2 Å². The van der Waals surface area contributed by atoms with Gasteiger partial charge in [0.15, 0.2) is 0 Å². The molecule has 1 aromatic heterocycles. The molecule has 1 aliphatic rings. The molecule has 1 fully saturated rings. The molecule has 0 radical (unpaired) electrons. The normalized spacial score (nSPS) is 19.6. The summed E-state index contributed by atoms with van der Waals surface area (Å²) < 4.78 is 0. The van der Waals surface area contributed by atoms with Gasteiger partial charge in [-0.15, -0.1) is 0 Å². The van der Waals surface area contributed by atoms with E-state index < -0.39 is 5.60 Å². The Morgan fingerprint density at radius 1 is 1.38 bits per heavy atom. The van der Waals surface area contributed by atoms with Gasteiger partial charge >= 0.3 is 0 Å². The van der Waals surface area contributed by atoms with Crippen molar-refractivity contribution in [1.29, 1.82) is 0 Å². The summed E-state index contributed by atoms with van der Waals surface area (Å²) in [6, 6.07) is 1.56. The van der Waals surface area contributed by atoms with Crippen molar-refractivity contribution in [2.75, 3.05) is 0 Å². The predicted octanol–water partition coefficient (Wildman–Crippen LogP) is 2.76. The zero-order chi connectivity index (χ0) is 9.47. The molecule has 1 aliphatic carbocycles. The fourth-order valence-electron chi connectivity index (χ4n) is 1.53. The minimum absolute atomic E-state index is 0.358. The van der Waals surface area contributed by atoms with Gasteiger partial charge in [-0.05, 0) is 25.3 Å². The number of hydrogen-bond acceptors (Lipinski definition) is 2. The molecule has 2 rings (SSSR count). The third-order valence-electron chi connectivity index (χ3n) is 2.50. The summed E-state index contributed by atoms with van der Waals surface area (Å²) in [5.41, 5.74) is -0.0564. The molecule has 70 valence electrons. The van der Waals surface area contributed by atoms with Gasteiger partial charge in [-0.2, -0.15) is 0 Å². The fourth-order valence-corrected chi connectivity index (χ4v) is 2.07. The van der Waals surface area contributed by atoms with Crippen LogP contribution in [0.3, 0.4) is 0 Å². The lowest BCUT2D eigenvalue weighted by Gasteiger charge is -2.37. The molecular weight excluding hydrogens is 209 g/mol. The van der Waals surface area contributed by atoms with Gasteiger partial charge in [0.1, 0.15) is 5.15 Å².